The first-order chi connectivity index (χ1) is 23.7. The smallest absolute Gasteiger partial charge is 0.253 e. The van der Waals surface area contributed by atoms with Gasteiger partial charge in [-0.25, -0.2) is 0 Å². The third-order valence-electron chi connectivity index (χ3n) is 11.5. The lowest BCUT2D eigenvalue weighted by atomic mass is 9.64. The predicted octanol–water partition coefficient (Wildman–Crippen LogP) is 6.14. The molecule has 2 unspecified atom stereocenters. The van der Waals surface area contributed by atoms with Crippen LogP contribution in [0.25, 0.3) is 10.8 Å². The van der Waals surface area contributed by atoms with E-state index in [2.05, 4.69) is 13.2 Å². The molecule has 3 aliphatic rings. The van der Waals surface area contributed by atoms with E-state index in [1.165, 1.54) is 0 Å². The number of carbonyl (C=O) groups is 3. The van der Waals surface area contributed by atoms with Gasteiger partial charge >= 0.3 is 0 Å². The Morgan fingerprint density at radius 1 is 0.980 bits per heavy atom. The number of ether oxygens (including phenoxy) is 1. The minimum Gasteiger partial charge on any atom is -0.394 e. The number of nitrogens with zero attached hydrogens (tertiary/aromatic N) is 3. The summed E-state index contributed by atoms with van der Waals surface area (Å²) in [6.07, 6.45) is 5.64. The standard InChI is InChI=1S/C41H49N3O5/c1-6-23-42(26-29-15-11-10-12-16-29)37(46)34-35-38(47)44(33(27-45)28(5)8-3)36(41(35)22-21-40(34,9-4)49-41)39(48)43(24-7-2)32-20-19-30-17-13-14-18-31(30)25-32/h6-7,10-20,25,28,33-36,45H,1-2,8-9,21-24,26-27H2,3-5H3/t28-,33-,34+,35-,36?,40-,41?/m0/s1. The number of fused-ring (bicyclic) bond motifs is 2. The molecular formula is C41H49N3O5. The number of benzene rings is 3. The molecule has 49 heavy (non-hydrogen) atoms. The highest BCUT2D eigenvalue weighted by Crippen LogP contribution is 2.65. The van der Waals surface area contributed by atoms with Crippen LogP contribution in [0.4, 0.5) is 5.69 Å². The van der Waals surface area contributed by atoms with Gasteiger partial charge in [0.05, 0.1) is 30.1 Å². The number of aliphatic hydroxyl groups excluding tert-OH is 1. The Labute approximate surface area is 290 Å². The molecule has 8 heteroatoms. The van der Waals surface area contributed by atoms with Gasteiger partial charge in [-0.15, -0.1) is 13.2 Å². The average molecular weight is 664 g/mol. The molecule has 0 aliphatic carbocycles. The van der Waals surface area contributed by atoms with Gasteiger partial charge in [0.15, 0.2) is 0 Å². The lowest BCUT2D eigenvalue weighted by Gasteiger charge is -2.41. The fourth-order valence-corrected chi connectivity index (χ4v) is 8.81. The second kappa shape index (κ2) is 13.9. The molecule has 1 N–H and O–H groups in total. The number of rotatable bonds is 14. The number of amides is 3. The van der Waals surface area contributed by atoms with Gasteiger partial charge < -0.3 is 24.5 Å². The highest BCUT2D eigenvalue weighted by atomic mass is 16.5. The van der Waals surface area contributed by atoms with Gasteiger partial charge in [-0.2, -0.15) is 0 Å². The maximum Gasteiger partial charge on any atom is 0.253 e. The molecule has 0 saturated carbocycles. The zero-order chi connectivity index (χ0) is 34.9. The summed E-state index contributed by atoms with van der Waals surface area (Å²) in [5, 5.41) is 12.9. The monoisotopic (exact) mass is 663 g/mol. The van der Waals surface area contributed by atoms with E-state index in [9.17, 15) is 9.90 Å². The van der Waals surface area contributed by atoms with Crippen molar-refractivity contribution in [2.75, 3.05) is 24.6 Å². The van der Waals surface area contributed by atoms with Crippen LogP contribution < -0.4 is 4.90 Å². The van der Waals surface area contributed by atoms with E-state index in [4.69, 9.17) is 4.74 Å². The normalized spacial score (nSPS) is 26.7. The van der Waals surface area contributed by atoms with Crippen LogP contribution >= 0.6 is 0 Å². The number of anilines is 1. The Kier molecular flexibility index (Phi) is 9.83. The number of carbonyl (C=O) groups excluding carboxylic acids is 3. The van der Waals surface area contributed by atoms with Crippen molar-refractivity contribution in [3.05, 3.63) is 104 Å². The fourth-order valence-electron chi connectivity index (χ4n) is 8.81. The molecule has 0 aromatic heterocycles. The second-order valence-corrected chi connectivity index (χ2v) is 14.0. The van der Waals surface area contributed by atoms with E-state index in [1.54, 1.807) is 26.9 Å². The van der Waals surface area contributed by atoms with E-state index in [1.807, 2.05) is 93.6 Å². The molecule has 6 rings (SSSR count). The zero-order valence-corrected chi connectivity index (χ0v) is 29.0. The Hall–Kier alpha value is -4.27. The largest absolute Gasteiger partial charge is 0.394 e. The fraction of sp³-hybridized carbons (Fsp3) is 0.439. The minimum absolute atomic E-state index is 0.102. The highest BCUT2D eigenvalue weighted by Gasteiger charge is 2.79. The summed E-state index contributed by atoms with van der Waals surface area (Å²) in [5.41, 5.74) is -0.462. The Balaban J connectivity index is 1.47. The molecule has 3 fully saturated rings. The first-order valence-corrected chi connectivity index (χ1v) is 17.7. The summed E-state index contributed by atoms with van der Waals surface area (Å²) in [6, 6.07) is 22.0. The number of hydrogen-bond acceptors (Lipinski definition) is 5. The molecule has 3 aliphatic heterocycles. The third kappa shape index (κ3) is 5.69. The van der Waals surface area contributed by atoms with Crippen molar-refractivity contribution in [1.82, 2.24) is 9.80 Å². The number of aliphatic hydroxyl groups is 1. The summed E-state index contributed by atoms with van der Waals surface area (Å²) in [5.74, 6) is -2.50. The van der Waals surface area contributed by atoms with Crippen LogP contribution in [0.2, 0.25) is 0 Å². The maximum absolute atomic E-state index is 15.2. The van der Waals surface area contributed by atoms with Crippen molar-refractivity contribution in [1.29, 1.82) is 0 Å². The van der Waals surface area contributed by atoms with E-state index in [0.717, 1.165) is 16.3 Å². The molecule has 3 aromatic rings. The molecule has 1 spiro atoms. The van der Waals surface area contributed by atoms with E-state index < -0.39 is 35.1 Å². The Bertz CT molecular complexity index is 1730. The topological polar surface area (TPSA) is 90.4 Å². The first-order valence-electron chi connectivity index (χ1n) is 17.7. The van der Waals surface area contributed by atoms with E-state index in [-0.39, 0.29) is 36.8 Å². The van der Waals surface area contributed by atoms with E-state index in [0.29, 0.717) is 44.5 Å². The lowest BCUT2D eigenvalue weighted by Crippen LogP contribution is -2.60. The Morgan fingerprint density at radius 2 is 1.67 bits per heavy atom. The van der Waals surface area contributed by atoms with Gasteiger partial charge in [0.2, 0.25) is 11.8 Å². The molecule has 7 atom stereocenters. The zero-order valence-electron chi connectivity index (χ0n) is 29.0. The van der Waals surface area contributed by atoms with Crippen LogP contribution in [0.5, 0.6) is 0 Å². The summed E-state index contributed by atoms with van der Waals surface area (Å²) < 4.78 is 7.12. The molecule has 3 amide bonds. The molecular weight excluding hydrogens is 614 g/mol. The SMILES string of the molecule is C=CCN(Cc1ccccc1)C(=O)[C@H]1[C@H]2C(=O)N([C@@H](CO)[C@@H](C)CC)C(C(=O)N(CC=C)c3ccc4ccccc4c3)C23CC[C@]1(CC)O3. The quantitative estimate of drug-likeness (QED) is 0.210. The maximum atomic E-state index is 15.2. The summed E-state index contributed by atoms with van der Waals surface area (Å²) in [6.45, 7) is 14.5. The van der Waals surface area contributed by atoms with Crippen molar-refractivity contribution in [3.8, 4) is 0 Å². The second-order valence-electron chi connectivity index (χ2n) is 14.0. The highest BCUT2D eigenvalue weighted by molar-refractivity contribution is 6.06. The van der Waals surface area contributed by atoms with Crippen LogP contribution in [0.3, 0.4) is 0 Å². The molecule has 0 radical (unpaired) electrons. The van der Waals surface area contributed by atoms with Crippen molar-refractivity contribution in [2.45, 2.75) is 76.3 Å². The lowest BCUT2D eigenvalue weighted by molar-refractivity contribution is -0.154. The minimum atomic E-state index is -1.23. The first kappa shape index (κ1) is 34.6. The van der Waals surface area contributed by atoms with Crippen LogP contribution in [-0.4, -0.2) is 75.6 Å². The summed E-state index contributed by atoms with van der Waals surface area (Å²) >= 11 is 0. The van der Waals surface area contributed by atoms with Gasteiger partial charge in [-0.1, -0.05) is 100 Å². The predicted molar refractivity (Wildman–Crippen MR) is 193 cm³/mol. The molecule has 3 aromatic carbocycles. The van der Waals surface area contributed by atoms with Crippen LogP contribution in [0, 0.1) is 17.8 Å². The van der Waals surface area contributed by atoms with Gasteiger partial charge in [0, 0.05) is 25.3 Å². The number of likely N-dealkylation sites (tertiary alicyclic amines) is 1. The summed E-state index contributed by atoms with van der Waals surface area (Å²) in [4.78, 5) is 50.2. The molecule has 258 valence electrons. The van der Waals surface area contributed by atoms with Gasteiger partial charge in [-0.05, 0) is 53.6 Å². The van der Waals surface area contributed by atoms with Crippen molar-refractivity contribution < 1.29 is 24.2 Å². The van der Waals surface area contributed by atoms with Crippen LogP contribution in [0.15, 0.2) is 98.1 Å². The van der Waals surface area contributed by atoms with Crippen LogP contribution in [0.1, 0.15) is 52.0 Å². The third-order valence-corrected chi connectivity index (χ3v) is 11.5. The molecule has 2 bridgehead atoms. The summed E-state index contributed by atoms with van der Waals surface area (Å²) in [7, 11) is 0. The van der Waals surface area contributed by atoms with Gasteiger partial charge in [0.25, 0.3) is 5.91 Å². The number of hydrogen-bond donors (Lipinski definition) is 1. The van der Waals surface area contributed by atoms with Gasteiger partial charge in [-0.3, -0.25) is 14.4 Å². The Morgan fingerprint density at radius 3 is 2.33 bits per heavy atom. The molecule has 8 nitrogen and oxygen atoms in total. The van der Waals surface area contributed by atoms with Crippen LogP contribution in [-0.2, 0) is 25.7 Å². The van der Waals surface area contributed by atoms with E-state index >= 15 is 9.59 Å². The molecule has 3 heterocycles. The van der Waals surface area contributed by atoms with Crippen molar-refractivity contribution >= 4 is 34.2 Å². The molecule has 3 saturated heterocycles. The van der Waals surface area contributed by atoms with Gasteiger partial charge in [0.1, 0.15) is 11.6 Å². The van der Waals surface area contributed by atoms with Crippen molar-refractivity contribution in [3.63, 3.8) is 0 Å². The average Bonchev–Trinajstić information content (AvgIpc) is 3.74. The van der Waals surface area contributed by atoms with Crippen molar-refractivity contribution in [2.24, 2.45) is 17.8 Å².